The van der Waals surface area contributed by atoms with Gasteiger partial charge in [-0.25, -0.2) is 4.98 Å². The van der Waals surface area contributed by atoms with Crippen LogP contribution in [0.25, 0.3) is 0 Å². The summed E-state index contributed by atoms with van der Waals surface area (Å²) in [6, 6.07) is 3.51. The van der Waals surface area contributed by atoms with E-state index in [1.807, 2.05) is 13.1 Å². The number of carbonyl (C=O) groups is 1. The van der Waals surface area contributed by atoms with Crippen LogP contribution in [0.4, 0.5) is 5.69 Å². The van der Waals surface area contributed by atoms with E-state index in [1.54, 1.807) is 12.3 Å². The van der Waals surface area contributed by atoms with Crippen molar-refractivity contribution in [2.24, 2.45) is 5.92 Å². The Labute approximate surface area is 108 Å². The number of hydrogen-bond donors (Lipinski definition) is 2. The molecule has 5 nitrogen and oxygen atoms in total. The average Bonchev–Trinajstić information content (AvgIpc) is 2.38. The second-order valence-electron chi connectivity index (χ2n) is 4.41. The summed E-state index contributed by atoms with van der Waals surface area (Å²) in [7, 11) is 1.81. The highest BCUT2D eigenvalue weighted by molar-refractivity contribution is 5.92. The number of hydrogen-bond acceptors (Lipinski definition) is 4. The number of carbonyl (C=O) groups excluding carboxylic acids is 1. The summed E-state index contributed by atoms with van der Waals surface area (Å²) >= 11 is 0. The van der Waals surface area contributed by atoms with E-state index in [-0.39, 0.29) is 5.91 Å². The zero-order valence-corrected chi connectivity index (χ0v) is 11.2. The Morgan fingerprint density at radius 1 is 1.44 bits per heavy atom. The van der Waals surface area contributed by atoms with Gasteiger partial charge in [0.25, 0.3) is 5.91 Å². The molecule has 0 unspecified atom stereocenters. The van der Waals surface area contributed by atoms with E-state index in [0.717, 1.165) is 5.69 Å². The molecule has 0 aromatic carbocycles. The highest BCUT2D eigenvalue weighted by Crippen LogP contribution is 2.04. The fraction of sp³-hybridized carbons (Fsp3) is 0.538. The highest BCUT2D eigenvalue weighted by atomic mass is 16.5. The second kappa shape index (κ2) is 7.66. The molecule has 2 N–H and O–H groups in total. The van der Waals surface area contributed by atoms with Gasteiger partial charge < -0.3 is 15.4 Å². The molecule has 5 heteroatoms. The molecule has 0 spiro atoms. The third-order valence-electron chi connectivity index (χ3n) is 2.27. The lowest BCUT2D eigenvalue weighted by atomic mass is 10.2. The lowest BCUT2D eigenvalue weighted by Gasteiger charge is -2.08. The maximum Gasteiger partial charge on any atom is 0.269 e. The largest absolute Gasteiger partial charge is 0.387 e. The Morgan fingerprint density at radius 3 is 2.78 bits per heavy atom. The van der Waals surface area contributed by atoms with E-state index in [4.69, 9.17) is 4.74 Å². The first kappa shape index (κ1) is 14.4. The third kappa shape index (κ3) is 5.14. The van der Waals surface area contributed by atoms with Crippen molar-refractivity contribution in [2.75, 3.05) is 32.1 Å². The molecule has 0 saturated carbocycles. The van der Waals surface area contributed by atoms with Gasteiger partial charge in [-0.05, 0) is 18.1 Å². The predicted octanol–water partition coefficient (Wildman–Crippen LogP) is 1.53. The van der Waals surface area contributed by atoms with E-state index in [2.05, 4.69) is 29.5 Å². The van der Waals surface area contributed by atoms with Gasteiger partial charge in [0.1, 0.15) is 5.69 Å². The van der Waals surface area contributed by atoms with Crippen molar-refractivity contribution in [3.05, 3.63) is 24.0 Å². The first-order valence-corrected chi connectivity index (χ1v) is 6.13. The number of rotatable bonds is 7. The third-order valence-corrected chi connectivity index (χ3v) is 2.27. The van der Waals surface area contributed by atoms with Gasteiger partial charge in [0.05, 0.1) is 18.5 Å². The number of aromatic nitrogens is 1. The first-order chi connectivity index (χ1) is 8.63. The van der Waals surface area contributed by atoms with Crippen molar-refractivity contribution in [1.82, 2.24) is 10.3 Å². The summed E-state index contributed by atoms with van der Waals surface area (Å²) < 4.78 is 5.37. The van der Waals surface area contributed by atoms with E-state index < -0.39 is 0 Å². The summed E-state index contributed by atoms with van der Waals surface area (Å²) in [5, 5.41) is 5.71. The summed E-state index contributed by atoms with van der Waals surface area (Å²) in [5.41, 5.74) is 1.30. The molecule has 100 valence electrons. The van der Waals surface area contributed by atoms with Crippen molar-refractivity contribution in [3.8, 4) is 0 Å². The molecule has 0 aliphatic rings. The Morgan fingerprint density at radius 2 is 2.22 bits per heavy atom. The van der Waals surface area contributed by atoms with Crippen molar-refractivity contribution in [1.29, 1.82) is 0 Å². The van der Waals surface area contributed by atoms with Gasteiger partial charge in [0.15, 0.2) is 0 Å². The van der Waals surface area contributed by atoms with Crippen LogP contribution >= 0.6 is 0 Å². The van der Waals surface area contributed by atoms with E-state index in [0.29, 0.717) is 31.4 Å². The zero-order chi connectivity index (χ0) is 13.4. The molecule has 0 fully saturated rings. The van der Waals surface area contributed by atoms with Crippen molar-refractivity contribution in [2.45, 2.75) is 13.8 Å². The van der Waals surface area contributed by atoms with Crippen LogP contribution in [0.3, 0.4) is 0 Å². The fourth-order valence-electron chi connectivity index (χ4n) is 1.32. The average molecular weight is 251 g/mol. The predicted molar refractivity (Wildman–Crippen MR) is 71.8 cm³/mol. The number of amides is 1. The van der Waals surface area contributed by atoms with Gasteiger partial charge in [-0.1, -0.05) is 13.8 Å². The second-order valence-corrected chi connectivity index (χ2v) is 4.41. The number of anilines is 1. The summed E-state index contributed by atoms with van der Waals surface area (Å²) in [6.45, 7) is 5.92. The minimum atomic E-state index is -0.175. The molecule has 1 aromatic heterocycles. The van der Waals surface area contributed by atoms with Gasteiger partial charge >= 0.3 is 0 Å². The molecule has 18 heavy (non-hydrogen) atoms. The molecule has 0 saturated heterocycles. The standard InChI is InChI=1S/C13H21N3O2/c1-10(2)9-18-7-6-15-13(17)12-5-4-11(14-3)8-16-12/h4-5,8,10,14H,6-7,9H2,1-3H3,(H,15,17). The molecule has 0 bridgehead atoms. The summed E-state index contributed by atoms with van der Waals surface area (Å²) in [5.74, 6) is 0.335. The number of pyridine rings is 1. The Balaban J connectivity index is 2.27. The Hall–Kier alpha value is -1.62. The molecular formula is C13H21N3O2. The van der Waals surface area contributed by atoms with E-state index in [1.165, 1.54) is 0 Å². The number of nitrogens with zero attached hydrogens (tertiary/aromatic N) is 1. The smallest absolute Gasteiger partial charge is 0.269 e. The summed E-state index contributed by atoms with van der Waals surface area (Å²) in [4.78, 5) is 15.8. The van der Waals surface area contributed by atoms with Gasteiger partial charge in [-0.15, -0.1) is 0 Å². The number of ether oxygens (including phenoxy) is 1. The SMILES string of the molecule is CNc1ccc(C(=O)NCCOCC(C)C)nc1. The minimum Gasteiger partial charge on any atom is -0.387 e. The molecular weight excluding hydrogens is 230 g/mol. The lowest BCUT2D eigenvalue weighted by molar-refractivity contribution is 0.0882. The van der Waals surface area contributed by atoms with Gasteiger partial charge in [-0.2, -0.15) is 0 Å². The Kier molecular flexibility index (Phi) is 6.14. The van der Waals surface area contributed by atoms with Crippen LogP contribution in [0, 0.1) is 5.92 Å². The van der Waals surface area contributed by atoms with Gasteiger partial charge in [-0.3, -0.25) is 4.79 Å². The lowest BCUT2D eigenvalue weighted by Crippen LogP contribution is -2.28. The van der Waals surface area contributed by atoms with Crippen molar-refractivity contribution >= 4 is 11.6 Å². The van der Waals surface area contributed by atoms with Crippen LogP contribution < -0.4 is 10.6 Å². The monoisotopic (exact) mass is 251 g/mol. The van der Waals surface area contributed by atoms with Crippen molar-refractivity contribution in [3.63, 3.8) is 0 Å². The molecule has 1 aromatic rings. The molecule has 0 atom stereocenters. The molecule has 1 heterocycles. The van der Waals surface area contributed by atoms with Gasteiger partial charge in [0.2, 0.25) is 0 Å². The van der Waals surface area contributed by atoms with Crippen LogP contribution in [0.5, 0.6) is 0 Å². The van der Waals surface area contributed by atoms with Crippen LogP contribution in [0.2, 0.25) is 0 Å². The van der Waals surface area contributed by atoms with Crippen LogP contribution in [0.1, 0.15) is 24.3 Å². The quantitative estimate of drug-likeness (QED) is 0.721. The van der Waals surface area contributed by atoms with Gasteiger partial charge in [0, 0.05) is 20.2 Å². The molecule has 0 aliphatic carbocycles. The van der Waals surface area contributed by atoms with Crippen LogP contribution in [0.15, 0.2) is 18.3 Å². The van der Waals surface area contributed by atoms with Crippen LogP contribution in [-0.4, -0.2) is 37.7 Å². The molecule has 0 aliphatic heterocycles. The maximum atomic E-state index is 11.7. The van der Waals surface area contributed by atoms with Crippen molar-refractivity contribution < 1.29 is 9.53 Å². The minimum absolute atomic E-state index is 0.175. The molecule has 1 amide bonds. The summed E-state index contributed by atoms with van der Waals surface area (Å²) in [6.07, 6.45) is 1.63. The number of nitrogens with one attached hydrogen (secondary N) is 2. The van der Waals surface area contributed by atoms with E-state index >= 15 is 0 Å². The molecule has 1 rings (SSSR count). The molecule has 0 radical (unpaired) electrons. The topological polar surface area (TPSA) is 63.2 Å². The normalized spacial score (nSPS) is 10.4. The fourth-order valence-corrected chi connectivity index (χ4v) is 1.32. The van der Waals surface area contributed by atoms with E-state index in [9.17, 15) is 4.79 Å². The Bertz CT molecular complexity index is 363. The zero-order valence-electron chi connectivity index (χ0n) is 11.2. The first-order valence-electron chi connectivity index (χ1n) is 6.13. The maximum absolute atomic E-state index is 11.7. The van der Waals surface area contributed by atoms with Crippen LogP contribution in [-0.2, 0) is 4.74 Å². The highest BCUT2D eigenvalue weighted by Gasteiger charge is 2.05.